The molecule has 7 heteroatoms. The van der Waals surface area contributed by atoms with Crippen molar-refractivity contribution in [1.82, 2.24) is 4.31 Å². The number of sulfonamides is 1. The van der Waals surface area contributed by atoms with Crippen LogP contribution >= 0.6 is 0 Å². The van der Waals surface area contributed by atoms with E-state index >= 15 is 0 Å². The molecule has 4 unspecified atom stereocenters. The number of rotatable bonds is 4. The maximum absolute atomic E-state index is 12.6. The van der Waals surface area contributed by atoms with E-state index in [2.05, 4.69) is 0 Å². The van der Waals surface area contributed by atoms with Crippen LogP contribution in [-0.4, -0.2) is 53.3 Å². The van der Waals surface area contributed by atoms with Crippen molar-refractivity contribution >= 4 is 16.0 Å². The predicted octanol–water partition coefficient (Wildman–Crippen LogP) is 0.272. The van der Waals surface area contributed by atoms with Crippen LogP contribution < -0.4 is 0 Å². The van der Waals surface area contributed by atoms with Crippen LogP contribution in [0, 0.1) is 11.8 Å². The van der Waals surface area contributed by atoms with Gasteiger partial charge in [0, 0.05) is 6.54 Å². The molecule has 2 fully saturated rings. The monoisotopic (exact) mass is 291 g/mol. The Morgan fingerprint density at radius 3 is 2.58 bits per heavy atom. The molecule has 4 atom stereocenters. The molecule has 1 saturated carbocycles. The van der Waals surface area contributed by atoms with Gasteiger partial charge < -0.3 is 10.2 Å². The summed E-state index contributed by atoms with van der Waals surface area (Å²) in [5.41, 5.74) is 0. The number of aliphatic carboxylic acids is 1. The van der Waals surface area contributed by atoms with Gasteiger partial charge in [0.1, 0.15) is 0 Å². The van der Waals surface area contributed by atoms with Crippen molar-refractivity contribution in [3.63, 3.8) is 0 Å². The highest BCUT2D eigenvalue weighted by Gasteiger charge is 2.48. The minimum Gasteiger partial charge on any atom is -0.481 e. The lowest BCUT2D eigenvalue weighted by Gasteiger charge is -2.29. The number of carboxylic acids is 1. The van der Waals surface area contributed by atoms with Crippen LogP contribution in [0.3, 0.4) is 0 Å². The Morgan fingerprint density at radius 1 is 1.32 bits per heavy atom. The molecule has 0 bridgehead atoms. The molecule has 0 aromatic carbocycles. The Balaban J connectivity index is 2.25. The minimum atomic E-state index is -3.63. The Hall–Kier alpha value is -0.660. The first-order valence-electron chi connectivity index (χ1n) is 6.74. The summed E-state index contributed by atoms with van der Waals surface area (Å²) in [7, 11) is -3.63. The fourth-order valence-corrected chi connectivity index (χ4v) is 5.79. The fraction of sp³-hybridized carbons (Fsp3) is 0.917. The van der Waals surface area contributed by atoms with Crippen LogP contribution in [0.2, 0.25) is 0 Å². The van der Waals surface area contributed by atoms with Gasteiger partial charge in [-0.05, 0) is 25.2 Å². The van der Waals surface area contributed by atoms with E-state index in [1.807, 2.05) is 6.92 Å². The summed E-state index contributed by atoms with van der Waals surface area (Å²) in [6, 6.07) is -0.403. The van der Waals surface area contributed by atoms with E-state index in [9.17, 15) is 18.3 Å². The third-order valence-corrected chi connectivity index (χ3v) is 6.93. The number of aliphatic hydroxyl groups is 1. The number of aliphatic hydroxyl groups excluding tert-OH is 1. The maximum Gasteiger partial charge on any atom is 0.307 e. The first-order chi connectivity index (χ1) is 8.89. The lowest BCUT2D eigenvalue weighted by Crippen LogP contribution is -2.46. The van der Waals surface area contributed by atoms with Crippen LogP contribution in [0.15, 0.2) is 0 Å². The van der Waals surface area contributed by atoms with E-state index in [-0.39, 0.29) is 12.5 Å². The molecular formula is C12H21NO5S. The van der Waals surface area contributed by atoms with E-state index in [1.165, 1.54) is 4.31 Å². The number of hydrogen-bond acceptors (Lipinski definition) is 4. The lowest BCUT2D eigenvalue weighted by molar-refractivity contribution is -0.141. The van der Waals surface area contributed by atoms with Crippen LogP contribution in [0.25, 0.3) is 0 Å². The molecule has 0 radical (unpaired) electrons. The maximum atomic E-state index is 12.6. The predicted molar refractivity (Wildman–Crippen MR) is 69.0 cm³/mol. The highest BCUT2D eigenvalue weighted by atomic mass is 32.2. The van der Waals surface area contributed by atoms with Gasteiger partial charge in [0.15, 0.2) is 0 Å². The Kier molecular flexibility index (Phi) is 4.17. The van der Waals surface area contributed by atoms with E-state index in [4.69, 9.17) is 5.11 Å². The lowest BCUT2D eigenvalue weighted by atomic mass is 10.0. The molecule has 6 nitrogen and oxygen atoms in total. The summed E-state index contributed by atoms with van der Waals surface area (Å²) in [4.78, 5) is 11.2. The van der Waals surface area contributed by atoms with Gasteiger partial charge in [0.2, 0.25) is 10.0 Å². The van der Waals surface area contributed by atoms with Gasteiger partial charge in [-0.1, -0.05) is 13.3 Å². The molecule has 110 valence electrons. The van der Waals surface area contributed by atoms with Gasteiger partial charge in [-0.25, -0.2) is 8.42 Å². The highest BCUT2D eigenvalue weighted by molar-refractivity contribution is 7.89. The summed E-state index contributed by atoms with van der Waals surface area (Å²) in [6.45, 7) is 2.10. The molecule has 1 aliphatic carbocycles. The number of carboxylic acid groups (broad SMARTS) is 1. The molecule has 0 aromatic rings. The second-order valence-corrected chi connectivity index (χ2v) is 7.69. The molecular weight excluding hydrogens is 270 g/mol. The van der Waals surface area contributed by atoms with Crippen molar-refractivity contribution < 1.29 is 23.4 Å². The summed E-state index contributed by atoms with van der Waals surface area (Å²) < 4.78 is 26.6. The number of hydrogen-bond donors (Lipinski definition) is 2. The summed E-state index contributed by atoms with van der Waals surface area (Å²) in [5, 5.41) is 17.7. The normalized spacial score (nSPS) is 36.7. The fourth-order valence-electron chi connectivity index (χ4n) is 3.30. The average Bonchev–Trinajstić information content (AvgIpc) is 2.94. The van der Waals surface area contributed by atoms with Crippen molar-refractivity contribution in [1.29, 1.82) is 0 Å². The highest BCUT2D eigenvalue weighted by Crippen LogP contribution is 2.36. The Bertz CT molecular complexity index is 449. The topological polar surface area (TPSA) is 94.9 Å². The molecule has 0 amide bonds. The second-order valence-electron chi connectivity index (χ2n) is 5.59. The summed E-state index contributed by atoms with van der Waals surface area (Å²) in [5.74, 6) is -1.72. The molecule has 1 heterocycles. The quantitative estimate of drug-likeness (QED) is 0.775. The smallest absolute Gasteiger partial charge is 0.307 e. The Morgan fingerprint density at radius 2 is 2.00 bits per heavy atom. The molecule has 0 aromatic heterocycles. The molecule has 2 aliphatic rings. The molecule has 2 rings (SSSR count). The molecule has 1 aliphatic heterocycles. The van der Waals surface area contributed by atoms with E-state index < -0.39 is 33.2 Å². The summed E-state index contributed by atoms with van der Waals surface area (Å²) in [6.07, 6.45) is 2.18. The van der Waals surface area contributed by atoms with Gasteiger partial charge in [-0.2, -0.15) is 4.31 Å². The SMILES string of the molecule is CC1CCN(S(=O)(=O)C2CCCC2C(=O)O)C1CO. The second kappa shape index (κ2) is 5.38. The van der Waals surface area contributed by atoms with Crippen molar-refractivity contribution in [3.05, 3.63) is 0 Å². The first kappa shape index (κ1) is 14.7. The van der Waals surface area contributed by atoms with E-state index in [0.29, 0.717) is 25.8 Å². The van der Waals surface area contributed by atoms with Crippen LogP contribution in [0.1, 0.15) is 32.6 Å². The standard InChI is InChI=1S/C12H21NO5S/c1-8-5-6-13(10(8)7-14)19(17,18)11-4-2-3-9(11)12(15)16/h8-11,14H,2-7H2,1H3,(H,15,16). The number of carbonyl (C=O) groups is 1. The van der Waals surface area contributed by atoms with Gasteiger partial charge in [-0.3, -0.25) is 4.79 Å². The van der Waals surface area contributed by atoms with Crippen molar-refractivity contribution in [3.8, 4) is 0 Å². The average molecular weight is 291 g/mol. The van der Waals surface area contributed by atoms with Crippen molar-refractivity contribution in [2.75, 3.05) is 13.2 Å². The van der Waals surface area contributed by atoms with Gasteiger partial charge in [-0.15, -0.1) is 0 Å². The minimum absolute atomic E-state index is 0.115. The zero-order chi connectivity index (χ0) is 14.2. The largest absolute Gasteiger partial charge is 0.481 e. The van der Waals surface area contributed by atoms with Crippen LogP contribution in [0.4, 0.5) is 0 Å². The van der Waals surface area contributed by atoms with Crippen molar-refractivity contribution in [2.45, 2.75) is 43.9 Å². The summed E-state index contributed by atoms with van der Waals surface area (Å²) >= 11 is 0. The van der Waals surface area contributed by atoms with Crippen molar-refractivity contribution in [2.24, 2.45) is 11.8 Å². The van der Waals surface area contributed by atoms with Gasteiger partial charge in [0.25, 0.3) is 0 Å². The van der Waals surface area contributed by atoms with Gasteiger partial charge >= 0.3 is 5.97 Å². The first-order valence-corrected chi connectivity index (χ1v) is 8.24. The molecule has 19 heavy (non-hydrogen) atoms. The third-order valence-electron chi connectivity index (χ3n) is 4.50. The van der Waals surface area contributed by atoms with Crippen LogP contribution in [0.5, 0.6) is 0 Å². The van der Waals surface area contributed by atoms with E-state index in [1.54, 1.807) is 0 Å². The molecule has 2 N–H and O–H groups in total. The third kappa shape index (κ3) is 2.51. The molecule has 1 saturated heterocycles. The Labute approximate surface area is 113 Å². The van der Waals surface area contributed by atoms with Gasteiger partial charge in [0.05, 0.1) is 23.8 Å². The zero-order valence-electron chi connectivity index (χ0n) is 11.0. The molecule has 0 spiro atoms. The number of nitrogens with zero attached hydrogens (tertiary/aromatic N) is 1. The zero-order valence-corrected chi connectivity index (χ0v) is 11.8. The van der Waals surface area contributed by atoms with Crippen LogP contribution in [-0.2, 0) is 14.8 Å². The van der Waals surface area contributed by atoms with E-state index in [0.717, 1.165) is 6.42 Å².